The summed E-state index contributed by atoms with van der Waals surface area (Å²) in [5.74, 6) is -1.68. The molecule has 3 aliphatic rings. The third kappa shape index (κ3) is 1.63. The molecule has 0 aromatic heterocycles. The van der Waals surface area contributed by atoms with E-state index in [1.165, 1.54) is 4.90 Å². The zero-order valence-corrected chi connectivity index (χ0v) is 14.4. The van der Waals surface area contributed by atoms with Crippen LogP contribution in [0.2, 0.25) is 0 Å². The topological polar surface area (TPSA) is 70.4 Å². The SMILES string of the molecule is CC12C=CC(C)(O1)C1C(=O)N(c3ccc4ccccc4c3C#N)C(=O)C12. The fraction of sp³-hybridized carbons (Fsp3) is 0.286. The van der Waals surface area contributed by atoms with E-state index < -0.39 is 23.0 Å². The molecule has 2 amide bonds. The van der Waals surface area contributed by atoms with Crippen LogP contribution < -0.4 is 4.90 Å². The second kappa shape index (κ2) is 4.60. The Morgan fingerprint density at radius 2 is 1.62 bits per heavy atom. The lowest BCUT2D eigenvalue weighted by molar-refractivity contribution is -0.128. The predicted octanol–water partition coefficient (Wildman–Crippen LogP) is 2.93. The van der Waals surface area contributed by atoms with Crippen LogP contribution in [0.4, 0.5) is 5.69 Å². The van der Waals surface area contributed by atoms with Gasteiger partial charge in [-0.2, -0.15) is 5.26 Å². The third-order valence-electron chi connectivity index (χ3n) is 5.99. The molecule has 5 nitrogen and oxygen atoms in total. The molecule has 0 saturated carbocycles. The van der Waals surface area contributed by atoms with Crippen LogP contribution in [-0.2, 0) is 14.3 Å². The lowest BCUT2D eigenvalue weighted by Crippen LogP contribution is -2.39. The third-order valence-corrected chi connectivity index (χ3v) is 5.99. The maximum absolute atomic E-state index is 13.2. The van der Waals surface area contributed by atoms with Gasteiger partial charge in [0.15, 0.2) is 0 Å². The molecule has 2 aromatic carbocycles. The Balaban J connectivity index is 1.70. The summed E-state index contributed by atoms with van der Waals surface area (Å²) in [6, 6.07) is 13.2. The number of ether oxygens (including phenoxy) is 1. The highest BCUT2D eigenvalue weighted by Gasteiger charge is 2.70. The van der Waals surface area contributed by atoms with Gasteiger partial charge in [-0.1, -0.05) is 42.5 Å². The normalized spacial score (nSPS) is 34.6. The Bertz CT molecular complexity index is 1050. The molecule has 0 N–H and O–H groups in total. The van der Waals surface area contributed by atoms with Crippen molar-refractivity contribution >= 4 is 28.3 Å². The summed E-state index contributed by atoms with van der Waals surface area (Å²) in [6.45, 7) is 3.69. The first-order valence-corrected chi connectivity index (χ1v) is 8.60. The molecule has 0 aliphatic carbocycles. The van der Waals surface area contributed by atoms with Crippen LogP contribution in [0.15, 0.2) is 48.6 Å². The molecular formula is C21H16N2O3. The molecule has 26 heavy (non-hydrogen) atoms. The number of anilines is 1. The fourth-order valence-electron chi connectivity index (χ4n) is 4.83. The molecule has 2 fully saturated rings. The molecule has 3 aliphatic heterocycles. The van der Waals surface area contributed by atoms with Crippen LogP contribution in [0.1, 0.15) is 19.4 Å². The first-order chi connectivity index (χ1) is 12.4. The van der Waals surface area contributed by atoms with Gasteiger partial charge in [0.25, 0.3) is 0 Å². The summed E-state index contributed by atoms with van der Waals surface area (Å²) in [4.78, 5) is 27.6. The summed E-state index contributed by atoms with van der Waals surface area (Å²) in [6.07, 6.45) is 3.77. The van der Waals surface area contributed by atoms with Gasteiger partial charge in [-0.25, -0.2) is 4.90 Å². The monoisotopic (exact) mass is 344 g/mol. The maximum atomic E-state index is 13.2. The highest BCUT2D eigenvalue weighted by Crippen LogP contribution is 2.57. The zero-order valence-electron chi connectivity index (χ0n) is 14.4. The summed E-state index contributed by atoms with van der Waals surface area (Å²) in [5, 5.41) is 11.4. The van der Waals surface area contributed by atoms with Crippen molar-refractivity contribution in [3.05, 3.63) is 54.1 Å². The number of benzene rings is 2. The number of fused-ring (bicyclic) bond motifs is 6. The second-order valence-corrected chi connectivity index (χ2v) is 7.56. The van der Waals surface area contributed by atoms with Crippen molar-refractivity contribution in [1.82, 2.24) is 0 Å². The Kier molecular flexibility index (Phi) is 2.71. The molecule has 4 unspecified atom stereocenters. The van der Waals surface area contributed by atoms with Crippen molar-refractivity contribution in [3.8, 4) is 6.07 Å². The average molecular weight is 344 g/mol. The van der Waals surface area contributed by atoms with E-state index in [4.69, 9.17) is 4.74 Å². The van der Waals surface area contributed by atoms with Crippen LogP contribution in [0, 0.1) is 23.2 Å². The van der Waals surface area contributed by atoms with Gasteiger partial charge < -0.3 is 4.74 Å². The van der Waals surface area contributed by atoms with Gasteiger partial charge >= 0.3 is 0 Å². The Labute approximate surface area is 150 Å². The fourth-order valence-corrected chi connectivity index (χ4v) is 4.83. The smallest absolute Gasteiger partial charge is 0.241 e. The van der Waals surface area contributed by atoms with E-state index >= 15 is 0 Å². The van der Waals surface area contributed by atoms with E-state index in [2.05, 4.69) is 6.07 Å². The largest absolute Gasteiger partial charge is 0.359 e. The minimum absolute atomic E-state index is 0.289. The maximum Gasteiger partial charge on any atom is 0.241 e. The summed E-state index contributed by atoms with van der Waals surface area (Å²) in [7, 11) is 0. The molecule has 3 heterocycles. The number of hydrogen-bond donors (Lipinski definition) is 0. The molecule has 2 aromatic rings. The second-order valence-electron chi connectivity index (χ2n) is 7.56. The summed E-state index contributed by atoms with van der Waals surface area (Å²) in [5.41, 5.74) is -0.835. The molecule has 5 rings (SSSR count). The average Bonchev–Trinajstić information content (AvgIpc) is 3.18. The van der Waals surface area contributed by atoms with Crippen LogP contribution in [-0.4, -0.2) is 23.0 Å². The van der Waals surface area contributed by atoms with E-state index in [0.29, 0.717) is 11.3 Å². The first-order valence-electron chi connectivity index (χ1n) is 8.60. The van der Waals surface area contributed by atoms with Crippen molar-refractivity contribution in [2.24, 2.45) is 11.8 Å². The lowest BCUT2D eigenvalue weighted by Gasteiger charge is -2.26. The molecule has 2 saturated heterocycles. The highest BCUT2D eigenvalue weighted by molar-refractivity contribution is 6.24. The molecule has 0 radical (unpaired) electrons. The molecule has 128 valence electrons. The van der Waals surface area contributed by atoms with Crippen LogP contribution in [0.5, 0.6) is 0 Å². The van der Waals surface area contributed by atoms with Crippen LogP contribution >= 0.6 is 0 Å². The Morgan fingerprint density at radius 3 is 2.23 bits per heavy atom. The predicted molar refractivity (Wildman–Crippen MR) is 95.2 cm³/mol. The van der Waals surface area contributed by atoms with Crippen molar-refractivity contribution in [2.45, 2.75) is 25.0 Å². The van der Waals surface area contributed by atoms with E-state index in [1.807, 2.05) is 56.3 Å². The van der Waals surface area contributed by atoms with Crippen LogP contribution in [0.3, 0.4) is 0 Å². The molecule has 2 bridgehead atoms. The summed E-state index contributed by atoms with van der Waals surface area (Å²) >= 11 is 0. The van der Waals surface area contributed by atoms with E-state index in [9.17, 15) is 14.9 Å². The van der Waals surface area contributed by atoms with E-state index in [-0.39, 0.29) is 11.8 Å². The molecule has 4 atom stereocenters. The zero-order chi connectivity index (χ0) is 18.3. The van der Waals surface area contributed by atoms with Gasteiger partial charge in [0, 0.05) is 5.39 Å². The number of nitrogens with zero attached hydrogens (tertiary/aromatic N) is 2. The number of carbonyl (C=O) groups excluding carboxylic acids is 2. The molecule has 0 spiro atoms. The minimum Gasteiger partial charge on any atom is -0.359 e. The number of hydrogen-bond acceptors (Lipinski definition) is 4. The van der Waals surface area contributed by atoms with Crippen molar-refractivity contribution in [2.75, 3.05) is 4.90 Å². The Morgan fingerprint density at radius 1 is 1.00 bits per heavy atom. The number of amides is 2. The highest BCUT2D eigenvalue weighted by atomic mass is 16.5. The van der Waals surface area contributed by atoms with E-state index in [1.54, 1.807) is 6.07 Å². The minimum atomic E-state index is -0.773. The number of nitriles is 1. The van der Waals surface area contributed by atoms with Gasteiger partial charge in [0.1, 0.15) is 6.07 Å². The quantitative estimate of drug-likeness (QED) is 0.589. The standard InChI is InChI=1S/C21H16N2O3/c1-20-9-10-21(2,26-20)17-16(20)18(24)23(19(17)25)15-8-7-12-5-3-4-6-13(12)14(15)11-22/h3-10,16-17H,1-2H3. The van der Waals surface area contributed by atoms with Crippen LogP contribution in [0.25, 0.3) is 10.8 Å². The van der Waals surface area contributed by atoms with Gasteiger partial charge in [0.2, 0.25) is 11.8 Å². The Hall–Kier alpha value is -2.97. The summed E-state index contributed by atoms with van der Waals surface area (Å²) < 4.78 is 6.02. The van der Waals surface area contributed by atoms with Crippen molar-refractivity contribution in [3.63, 3.8) is 0 Å². The first kappa shape index (κ1) is 15.3. The van der Waals surface area contributed by atoms with Gasteiger partial charge in [-0.3, -0.25) is 9.59 Å². The number of carbonyl (C=O) groups is 2. The van der Waals surface area contributed by atoms with Gasteiger partial charge in [-0.05, 0) is 25.3 Å². The van der Waals surface area contributed by atoms with Crippen molar-refractivity contribution < 1.29 is 14.3 Å². The number of rotatable bonds is 1. The molecule has 5 heteroatoms. The van der Waals surface area contributed by atoms with Gasteiger partial charge in [-0.15, -0.1) is 0 Å². The van der Waals surface area contributed by atoms with Crippen molar-refractivity contribution in [1.29, 1.82) is 5.26 Å². The number of imide groups is 1. The molecular weight excluding hydrogens is 328 g/mol. The van der Waals surface area contributed by atoms with Gasteiger partial charge in [0.05, 0.1) is 34.3 Å². The van der Waals surface area contributed by atoms with E-state index in [0.717, 1.165) is 10.8 Å². The lowest BCUT2D eigenvalue weighted by atomic mass is 9.73.